The van der Waals surface area contributed by atoms with Gasteiger partial charge in [-0.3, -0.25) is 14.5 Å². The predicted octanol–water partition coefficient (Wildman–Crippen LogP) is 1.03. The molecule has 0 radical (unpaired) electrons. The number of carbonyl (C=O) groups is 2. The minimum Gasteiger partial charge on any atom is -0.355 e. The fraction of sp³-hybridized carbons (Fsp3) is 0.882. The zero-order chi connectivity index (χ0) is 16.2. The van der Waals surface area contributed by atoms with Crippen LogP contribution in [0.15, 0.2) is 0 Å². The summed E-state index contributed by atoms with van der Waals surface area (Å²) in [7, 11) is 0. The molecule has 0 aromatic heterocycles. The maximum absolute atomic E-state index is 12.7. The molecule has 6 nitrogen and oxygen atoms in total. The molecule has 0 aromatic carbocycles. The number of nitrogens with one attached hydrogen (secondary N) is 2. The minimum absolute atomic E-state index is 0. The normalized spacial score (nSPS) is 29.2. The lowest BCUT2D eigenvalue weighted by Crippen LogP contribution is -2.54. The van der Waals surface area contributed by atoms with Crippen molar-refractivity contribution >= 4 is 36.6 Å². The molecule has 1 saturated carbocycles. The highest BCUT2D eigenvalue weighted by atomic mass is 35.5. The first-order valence-corrected chi connectivity index (χ1v) is 9.21. The van der Waals surface area contributed by atoms with Gasteiger partial charge in [-0.25, -0.2) is 0 Å². The molecule has 8 heteroatoms. The first-order chi connectivity index (χ1) is 11.2. The molecule has 3 fully saturated rings. The highest BCUT2D eigenvalue weighted by Crippen LogP contribution is 2.33. The van der Waals surface area contributed by atoms with Gasteiger partial charge in [0.05, 0.1) is 12.6 Å². The Kier molecular flexibility index (Phi) is 9.49. The summed E-state index contributed by atoms with van der Waals surface area (Å²) >= 11 is 0. The molecular formula is C17H32Cl2N4O2. The van der Waals surface area contributed by atoms with Crippen LogP contribution in [0.4, 0.5) is 0 Å². The Labute approximate surface area is 163 Å². The number of halogens is 2. The summed E-state index contributed by atoms with van der Waals surface area (Å²) in [6.07, 6.45) is 6.15. The van der Waals surface area contributed by atoms with Crippen molar-refractivity contribution in [3.05, 3.63) is 0 Å². The van der Waals surface area contributed by atoms with E-state index in [4.69, 9.17) is 0 Å². The molecule has 146 valence electrons. The molecule has 3 unspecified atom stereocenters. The number of carbonyl (C=O) groups excluding carboxylic acids is 2. The Bertz CT molecular complexity index is 430. The van der Waals surface area contributed by atoms with Crippen LogP contribution in [0, 0.1) is 5.92 Å². The van der Waals surface area contributed by atoms with Crippen molar-refractivity contribution in [3.8, 4) is 0 Å². The van der Waals surface area contributed by atoms with Crippen molar-refractivity contribution in [2.45, 2.75) is 51.1 Å². The van der Waals surface area contributed by atoms with Gasteiger partial charge in [0.15, 0.2) is 0 Å². The van der Waals surface area contributed by atoms with Crippen LogP contribution in [0.1, 0.15) is 39.0 Å². The second-order valence-corrected chi connectivity index (χ2v) is 7.16. The second-order valence-electron chi connectivity index (χ2n) is 7.16. The molecule has 0 aromatic rings. The number of fused-ring (bicyclic) bond motifs is 1. The molecule has 2 N–H and O–H groups in total. The van der Waals surface area contributed by atoms with E-state index in [9.17, 15) is 9.59 Å². The molecule has 2 heterocycles. The van der Waals surface area contributed by atoms with Gasteiger partial charge in [0.2, 0.25) is 11.8 Å². The van der Waals surface area contributed by atoms with E-state index in [1.54, 1.807) is 0 Å². The molecule has 25 heavy (non-hydrogen) atoms. The van der Waals surface area contributed by atoms with Gasteiger partial charge in [0.1, 0.15) is 0 Å². The SMILES string of the molecule is CCNC(=O)CN1CCN(C(=O)C2CC3CCCCC3N2)CC1.Cl.Cl. The lowest BCUT2D eigenvalue weighted by atomic mass is 9.85. The van der Waals surface area contributed by atoms with E-state index in [2.05, 4.69) is 15.5 Å². The van der Waals surface area contributed by atoms with Crippen molar-refractivity contribution < 1.29 is 9.59 Å². The summed E-state index contributed by atoms with van der Waals surface area (Å²) in [5.41, 5.74) is 0. The third kappa shape index (κ3) is 5.71. The largest absolute Gasteiger partial charge is 0.355 e. The van der Waals surface area contributed by atoms with Gasteiger partial charge in [0, 0.05) is 38.8 Å². The minimum atomic E-state index is 0. The molecule has 2 amide bonds. The average Bonchev–Trinajstić information content (AvgIpc) is 2.99. The van der Waals surface area contributed by atoms with Gasteiger partial charge in [-0.05, 0) is 32.1 Å². The summed E-state index contributed by atoms with van der Waals surface area (Å²) in [6, 6.07) is 0.592. The van der Waals surface area contributed by atoms with Crippen LogP contribution < -0.4 is 10.6 Å². The fourth-order valence-electron chi connectivity index (χ4n) is 4.31. The van der Waals surface area contributed by atoms with Crippen molar-refractivity contribution in [2.75, 3.05) is 39.3 Å². The van der Waals surface area contributed by atoms with E-state index < -0.39 is 0 Å². The van der Waals surface area contributed by atoms with Crippen LogP contribution in [0.25, 0.3) is 0 Å². The Morgan fingerprint density at radius 1 is 1.08 bits per heavy atom. The van der Waals surface area contributed by atoms with Crippen LogP contribution in [0.5, 0.6) is 0 Å². The quantitative estimate of drug-likeness (QED) is 0.747. The van der Waals surface area contributed by atoms with Crippen LogP contribution in [0.2, 0.25) is 0 Å². The van der Waals surface area contributed by atoms with E-state index in [-0.39, 0.29) is 42.7 Å². The molecule has 2 saturated heterocycles. The fourth-order valence-corrected chi connectivity index (χ4v) is 4.31. The first kappa shape index (κ1) is 22.5. The average molecular weight is 395 g/mol. The lowest BCUT2D eigenvalue weighted by Gasteiger charge is -2.35. The molecule has 1 aliphatic carbocycles. The van der Waals surface area contributed by atoms with Crippen LogP contribution in [-0.4, -0.2) is 73.0 Å². The van der Waals surface area contributed by atoms with E-state index in [0.717, 1.165) is 32.6 Å². The van der Waals surface area contributed by atoms with Gasteiger partial charge >= 0.3 is 0 Å². The number of nitrogens with zero attached hydrogens (tertiary/aromatic N) is 2. The van der Waals surface area contributed by atoms with Crippen molar-refractivity contribution in [2.24, 2.45) is 5.92 Å². The van der Waals surface area contributed by atoms with Gasteiger partial charge < -0.3 is 15.5 Å². The van der Waals surface area contributed by atoms with Crippen LogP contribution >= 0.6 is 24.8 Å². The van der Waals surface area contributed by atoms with Crippen molar-refractivity contribution in [3.63, 3.8) is 0 Å². The lowest BCUT2D eigenvalue weighted by molar-refractivity contribution is -0.135. The monoisotopic (exact) mass is 394 g/mol. The van der Waals surface area contributed by atoms with Crippen molar-refractivity contribution in [1.82, 2.24) is 20.4 Å². The molecule has 0 spiro atoms. The van der Waals surface area contributed by atoms with Crippen molar-refractivity contribution in [1.29, 1.82) is 0 Å². The van der Waals surface area contributed by atoms with Crippen LogP contribution in [0.3, 0.4) is 0 Å². The summed E-state index contributed by atoms with van der Waals surface area (Å²) in [4.78, 5) is 28.5. The third-order valence-corrected chi connectivity index (χ3v) is 5.59. The Balaban J connectivity index is 0.00000156. The Morgan fingerprint density at radius 2 is 1.76 bits per heavy atom. The number of hydrogen-bond acceptors (Lipinski definition) is 4. The highest BCUT2D eigenvalue weighted by Gasteiger charge is 2.40. The molecule has 2 aliphatic heterocycles. The van der Waals surface area contributed by atoms with E-state index in [0.29, 0.717) is 25.0 Å². The zero-order valence-corrected chi connectivity index (χ0v) is 16.7. The number of piperazine rings is 1. The molecule has 3 atom stereocenters. The number of hydrogen-bond donors (Lipinski definition) is 2. The maximum Gasteiger partial charge on any atom is 0.239 e. The molecule has 3 aliphatic rings. The third-order valence-electron chi connectivity index (χ3n) is 5.59. The standard InChI is InChI=1S/C17H30N4O2.2ClH/c1-2-18-16(22)12-20-7-9-21(10-8-20)17(23)15-11-13-5-3-4-6-14(13)19-15;;/h13-15,19H,2-12H2,1H3,(H,18,22);2*1H. The molecule has 3 rings (SSSR count). The van der Waals surface area contributed by atoms with Gasteiger partial charge in [0.25, 0.3) is 0 Å². The van der Waals surface area contributed by atoms with Gasteiger partial charge in [-0.1, -0.05) is 12.8 Å². The first-order valence-electron chi connectivity index (χ1n) is 9.21. The van der Waals surface area contributed by atoms with Gasteiger partial charge in [-0.2, -0.15) is 0 Å². The number of rotatable bonds is 4. The highest BCUT2D eigenvalue weighted by molar-refractivity contribution is 5.85. The summed E-state index contributed by atoms with van der Waals surface area (Å²) in [6.45, 7) is 6.12. The number of amides is 2. The number of likely N-dealkylation sites (N-methyl/N-ethyl adjacent to an activating group) is 1. The molecular weight excluding hydrogens is 363 g/mol. The van der Waals surface area contributed by atoms with E-state index in [1.807, 2.05) is 11.8 Å². The predicted molar refractivity (Wildman–Crippen MR) is 103 cm³/mol. The second kappa shape index (κ2) is 10.6. The van der Waals surface area contributed by atoms with Crippen LogP contribution in [-0.2, 0) is 9.59 Å². The smallest absolute Gasteiger partial charge is 0.239 e. The summed E-state index contributed by atoms with van der Waals surface area (Å²) in [5, 5.41) is 6.41. The Morgan fingerprint density at radius 3 is 2.40 bits per heavy atom. The van der Waals surface area contributed by atoms with E-state index >= 15 is 0 Å². The summed E-state index contributed by atoms with van der Waals surface area (Å²) in [5.74, 6) is 1.06. The maximum atomic E-state index is 12.7. The molecule has 0 bridgehead atoms. The van der Waals surface area contributed by atoms with E-state index in [1.165, 1.54) is 25.7 Å². The zero-order valence-electron chi connectivity index (χ0n) is 15.0. The summed E-state index contributed by atoms with van der Waals surface area (Å²) < 4.78 is 0. The van der Waals surface area contributed by atoms with Gasteiger partial charge in [-0.15, -0.1) is 24.8 Å². The topological polar surface area (TPSA) is 64.7 Å². The Hall–Kier alpha value is -0.560.